The molecule has 0 radical (unpaired) electrons. The Morgan fingerprint density at radius 2 is 1.71 bits per heavy atom. The van der Waals surface area contributed by atoms with E-state index in [1.807, 2.05) is 6.92 Å². The van der Waals surface area contributed by atoms with Crippen molar-refractivity contribution >= 4 is 20.3 Å². The summed E-state index contributed by atoms with van der Waals surface area (Å²) in [4.78, 5) is 23.7. The SMILES string of the molecule is C#CC[C@@H](C)[C@H](OCCC(=O)OCOC(=O)C(C)(C)C)[C@@H](C=C)O[Si](C)(C)C(C)(C)C. The number of carbonyl (C=O) groups is 2. The Morgan fingerprint density at radius 3 is 2.16 bits per heavy atom. The zero-order chi connectivity index (χ0) is 24.5. The number of hydrogen-bond donors (Lipinski definition) is 0. The van der Waals surface area contributed by atoms with Gasteiger partial charge in [0.05, 0.1) is 30.7 Å². The Labute approximate surface area is 190 Å². The molecule has 31 heavy (non-hydrogen) atoms. The summed E-state index contributed by atoms with van der Waals surface area (Å²) >= 11 is 0. The van der Waals surface area contributed by atoms with Crippen LogP contribution in [-0.2, 0) is 28.2 Å². The first kappa shape index (κ1) is 29.4. The number of rotatable bonds is 12. The summed E-state index contributed by atoms with van der Waals surface area (Å²) in [5, 5.41) is 0.0302. The lowest BCUT2D eigenvalue weighted by atomic mass is 9.96. The molecule has 6 nitrogen and oxygen atoms in total. The number of terminal acetylenes is 1. The van der Waals surface area contributed by atoms with Gasteiger partial charge in [-0.2, -0.15) is 0 Å². The second kappa shape index (κ2) is 12.4. The minimum absolute atomic E-state index is 0.0153. The third-order valence-corrected chi connectivity index (χ3v) is 9.91. The van der Waals surface area contributed by atoms with Crippen LogP contribution in [0.2, 0.25) is 18.1 Å². The highest BCUT2D eigenvalue weighted by molar-refractivity contribution is 6.74. The second-order valence-corrected chi connectivity index (χ2v) is 15.1. The number of ether oxygens (including phenoxy) is 3. The molecule has 0 rings (SSSR count). The highest BCUT2D eigenvalue weighted by atomic mass is 28.4. The highest BCUT2D eigenvalue weighted by Gasteiger charge is 2.41. The van der Waals surface area contributed by atoms with Gasteiger partial charge in [0.15, 0.2) is 8.32 Å². The first-order chi connectivity index (χ1) is 14.1. The lowest BCUT2D eigenvalue weighted by molar-refractivity contribution is -0.174. The topological polar surface area (TPSA) is 71.1 Å². The van der Waals surface area contributed by atoms with Crippen LogP contribution in [0.4, 0.5) is 0 Å². The lowest BCUT2D eigenvalue weighted by Crippen LogP contribution is -2.48. The van der Waals surface area contributed by atoms with Crippen LogP contribution < -0.4 is 0 Å². The normalized spacial score (nSPS) is 15.4. The van der Waals surface area contributed by atoms with Crippen molar-refractivity contribution in [2.75, 3.05) is 13.4 Å². The molecular formula is C24H42O6Si. The van der Waals surface area contributed by atoms with Crippen LogP contribution in [0.25, 0.3) is 0 Å². The van der Waals surface area contributed by atoms with Crippen molar-refractivity contribution in [3.8, 4) is 12.3 Å². The molecule has 0 fully saturated rings. The van der Waals surface area contributed by atoms with Crippen LogP contribution in [0, 0.1) is 23.7 Å². The Morgan fingerprint density at radius 1 is 1.13 bits per heavy atom. The molecule has 0 amide bonds. The van der Waals surface area contributed by atoms with E-state index in [9.17, 15) is 9.59 Å². The van der Waals surface area contributed by atoms with E-state index >= 15 is 0 Å². The second-order valence-electron chi connectivity index (χ2n) is 10.4. The fourth-order valence-corrected chi connectivity index (χ4v) is 3.63. The van der Waals surface area contributed by atoms with E-state index in [1.54, 1.807) is 26.8 Å². The van der Waals surface area contributed by atoms with E-state index in [0.717, 1.165) is 0 Å². The molecule has 0 aliphatic carbocycles. The Kier molecular flexibility index (Phi) is 11.8. The summed E-state index contributed by atoms with van der Waals surface area (Å²) in [6.45, 7) is 21.7. The molecule has 0 saturated heterocycles. The Hall–Kier alpha value is -1.62. The average Bonchev–Trinajstić information content (AvgIpc) is 2.62. The fourth-order valence-electron chi connectivity index (χ4n) is 2.37. The fraction of sp³-hybridized carbons (Fsp3) is 0.750. The van der Waals surface area contributed by atoms with Crippen molar-refractivity contribution in [3.05, 3.63) is 12.7 Å². The van der Waals surface area contributed by atoms with Gasteiger partial charge in [-0.1, -0.05) is 33.8 Å². The third kappa shape index (κ3) is 10.5. The monoisotopic (exact) mass is 454 g/mol. The molecule has 0 bridgehead atoms. The third-order valence-electron chi connectivity index (χ3n) is 5.43. The summed E-state index contributed by atoms with van der Waals surface area (Å²) in [5.41, 5.74) is -0.653. The van der Waals surface area contributed by atoms with Crippen LogP contribution >= 0.6 is 0 Å². The molecule has 0 aromatic heterocycles. The van der Waals surface area contributed by atoms with Gasteiger partial charge in [-0.15, -0.1) is 18.9 Å². The maximum absolute atomic E-state index is 12.0. The van der Waals surface area contributed by atoms with Crippen LogP contribution in [0.3, 0.4) is 0 Å². The zero-order valence-electron chi connectivity index (χ0n) is 20.9. The van der Waals surface area contributed by atoms with E-state index < -0.39 is 32.5 Å². The highest BCUT2D eigenvalue weighted by Crippen LogP contribution is 2.38. The molecule has 178 valence electrons. The molecule has 0 unspecified atom stereocenters. The van der Waals surface area contributed by atoms with Crippen LogP contribution in [-0.4, -0.2) is 45.9 Å². The number of carbonyl (C=O) groups excluding carboxylic acids is 2. The largest absolute Gasteiger partial charge is 0.428 e. The summed E-state index contributed by atoms with van der Waals surface area (Å²) in [6.07, 6.45) is 7.13. The summed E-state index contributed by atoms with van der Waals surface area (Å²) in [5.74, 6) is 1.74. The van der Waals surface area contributed by atoms with Crippen LogP contribution in [0.15, 0.2) is 12.7 Å². The van der Waals surface area contributed by atoms with Gasteiger partial charge in [-0.05, 0) is 44.8 Å². The Balaban J connectivity index is 4.92. The van der Waals surface area contributed by atoms with Gasteiger partial charge in [-0.3, -0.25) is 9.59 Å². The van der Waals surface area contributed by atoms with Crippen molar-refractivity contribution in [1.82, 2.24) is 0 Å². The van der Waals surface area contributed by atoms with Gasteiger partial charge in [0, 0.05) is 6.42 Å². The summed E-state index contributed by atoms with van der Waals surface area (Å²) in [6, 6.07) is 0. The predicted molar refractivity (Wildman–Crippen MR) is 126 cm³/mol. The van der Waals surface area contributed by atoms with E-state index in [-0.39, 0.29) is 36.2 Å². The van der Waals surface area contributed by atoms with Crippen LogP contribution in [0.1, 0.15) is 61.3 Å². The molecule has 0 spiro atoms. The Bertz CT molecular complexity index is 636. The molecule has 0 aromatic carbocycles. The smallest absolute Gasteiger partial charge is 0.314 e. The van der Waals surface area contributed by atoms with Gasteiger partial charge >= 0.3 is 11.9 Å². The average molecular weight is 455 g/mol. The molecule has 0 heterocycles. The van der Waals surface area contributed by atoms with Gasteiger partial charge in [0.1, 0.15) is 0 Å². The molecule has 3 atom stereocenters. The van der Waals surface area contributed by atoms with Gasteiger partial charge in [0.2, 0.25) is 6.79 Å². The number of esters is 2. The molecule has 0 aliphatic heterocycles. The zero-order valence-corrected chi connectivity index (χ0v) is 21.9. The standard InChI is InChI=1S/C24H42O6Si/c1-12-14-18(3)21(19(13-2)30-31(10,11)24(7,8)9)27-16-15-20(25)28-17-29-22(26)23(4,5)6/h1,13,18-19,21H,2,14-17H2,3-11H3/t18-,19-,21+/m1/s1. The van der Waals surface area contributed by atoms with Gasteiger partial charge in [0.25, 0.3) is 0 Å². The van der Waals surface area contributed by atoms with E-state index in [0.29, 0.717) is 6.42 Å². The molecule has 0 saturated carbocycles. The van der Waals surface area contributed by atoms with E-state index in [1.165, 1.54) is 0 Å². The van der Waals surface area contributed by atoms with Gasteiger partial charge < -0.3 is 18.6 Å². The van der Waals surface area contributed by atoms with Crippen molar-refractivity contribution in [1.29, 1.82) is 0 Å². The first-order valence-corrected chi connectivity index (χ1v) is 13.7. The molecule has 0 aromatic rings. The molecule has 0 aliphatic rings. The summed E-state index contributed by atoms with van der Waals surface area (Å²) in [7, 11) is -2.07. The quantitative estimate of drug-likeness (QED) is 0.134. The van der Waals surface area contributed by atoms with Crippen molar-refractivity contribution in [2.24, 2.45) is 11.3 Å². The molecule has 7 heteroatoms. The minimum Gasteiger partial charge on any atom is -0.428 e. The predicted octanol–water partition coefficient (Wildman–Crippen LogP) is 5.09. The summed E-state index contributed by atoms with van der Waals surface area (Å²) < 4.78 is 22.5. The maximum Gasteiger partial charge on any atom is 0.314 e. The van der Waals surface area contributed by atoms with Crippen molar-refractivity contribution < 1.29 is 28.2 Å². The first-order valence-electron chi connectivity index (χ1n) is 10.7. The van der Waals surface area contributed by atoms with Crippen molar-refractivity contribution in [3.63, 3.8) is 0 Å². The minimum atomic E-state index is -2.07. The molecule has 0 N–H and O–H groups in total. The van der Waals surface area contributed by atoms with E-state index in [4.69, 9.17) is 25.1 Å². The molecular weight excluding hydrogens is 412 g/mol. The number of hydrogen-bond acceptors (Lipinski definition) is 6. The maximum atomic E-state index is 12.0. The van der Waals surface area contributed by atoms with E-state index in [2.05, 4.69) is 46.4 Å². The lowest BCUT2D eigenvalue weighted by Gasteiger charge is -2.41. The van der Waals surface area contributed by atoms with Gasteiger partial charge in [-0.25, -0.2) is 0 Å². The van der Waals surface area contributed by atoms with Crippen LogP contribution in [0.5, 0.6) is 0 Å². The van der Waals surface area contributed by atoms with Crippen molar-refractivity contribution in [2.45, 2.75) is 91.6 Å².